The molecule has 94 valence electrons. The Morgan fingerprint density at radius 3 is 2.72 bits per heavy atom. The van der Waals surface area contributed by atoms with Crippen molar-refractivity contribution < 1.29 is 4.74 Å². The zero-order valence-corrected chi connectivity index (χ0v) is 11.7. The largest absolute Gasteiger partial charge is 0.490 e. The van der Waals surface area contributed by atoms with E-state index in [1.165, 1.54) is 17.3 Å². The molecule has 2 rings (SSSR count). The van der Waals surface area contributed by atoms with Crippen LogP contribution in [0.4, 0.5) is 0 Å². The zero-order valence-electron chi connectivity index (χ0n) is 10.1. The van der Waals surface area contributed by atoms with Crippen LogP contribution < -0.4 is 4.74 Å². The third kappa shape index (κ3) is 3.40. The summed E-state index contributed by atoms with van der Waals surface area (Å²) >= 11 is 3.43. The van der Waals surface area contributed by atoms with E-state index in [0.29, 0.717) is 0 Å². The Morgan fingerprint density at radius 1 is 1.33 bits per heavy atom. The van der Waals surface area contributed by atoms with E-state index in [1.807, 2.05) is 32.0 Å². The van der Waals surface area contributed by atoms with Gasteiger partial charge in [-0.1, -0.05) is 15.9 Å². The fourth-order valence-electron chi connectivity index (χ4n) is 1.37. The topological polar surface area (TPSA) is 52.3 Å². The van der Waals surface area contributed by atoms with E-state index < -0.39 is 0 Å². The lowest BCUT2D eigenvalue weighted by atomic mass is 10.2. The molecule has 0 amide bonds. The van der Waals surface area contributed by atoms with Crippen LogP contribution in [0.3, 0.4) is 0 Å². The van der Waals surface area contributed by atoms with E-state index in [2.05, 4.69) is 31.2 Å². The molecule has 0 bridgehead atoms. The summed E-state index contributed by atoms with van der Waals surface area (Å²) < 4.78 is 8.22. The van der Waals surface area contributed by atoms with E-state index in [4.69, 9.17) is 4.74 Å². The molecular weight excluding hydrogens is 296 g/mol. The number of aromatic nitrogens is 3. The molecule has 1 heterocycles. The van der Waals surface area contributed by atoms with Crippen LogP contribution in [0.1, 0.15) is 19.4 Å². The van der Waals surface area contributed by atoms with Crippen LogP contribution in [0.25, 0.3) is 0 Å². The third-order valence-corrected chi connectivity index (χ3v) is 2.56. The average Bonchev–Trinajstić information content (AvgIpc) is 2.82. The molecule has 0 saturated heterocycles. The zero-order chi connectivity index (χ0) is 13.0. The molecule has 0 aliphatic heterocycles. The number of ether oxygens (including phenoxy) is 1. The summed E-state index contributed by atoms with van der Waals surface area (Å²) in [6.07, 6.45) is 4.88. The van der Waals surface area contributed by atoms with Gasteiger partial charge in [0.05, 0.1) is 12.3 Å². The van der Waals surface area contributed by atoms with E-state index in [9.17, 15) is 0 Å². The van der Waals surface area contributed by atoms with Crippen LogP contribution >= 0.6 is 15.9 Å². The van der Waals surface area contributed by atoms with Gasteiger partial charge in [0.25, 0.3) is 0 Å². The molecule has 1 aromatic heterocycles. The third-order valence-electron chi connectivity index (χ3n) is 2.07. The summed E-state index contributed by atoms with van der Waals surface area (Å²) in [6.45, 7) is 3.98. The maximum atomic E-state index is 5.72. The van der Waals surface area contributed by atoms with Gasteiger partial charge in [-0.25, -0.2) is 4.68 Å². The first-order valence-electron chi connectivity index (χ1n) is 5.50. The normalized spacial score (nSPS) is 11.3. The molecule has 18 heavy (non-hydrogen) atoms. The summed E-state index contributed by atoms with van der Waals surface area (Å²) in [4.78, 5) is 0. The summed E-state index contributed by atoms with van der Waals surface area (Å²) in [5.41, 5.74) is 0.895. The van der Waals surface area contributed by atoms with Gasteiger partial charge in [0.1, 0.15) is 18.4 Å². The predicted octanol–water partition coefficient (Wildman–Crippen LogP) is 2.71. The minimum absolute atomic E-state index is 0.119. The Balaban J connectivity index is 2.27. The fourth-order valence-corrected chi connectivity index (χ4v) is 1.74. The second kappa shape index (κ2) is 5.77. The lowest BCUT2D eigenvalue weighted by molar-refractivity contribution is 0.242. The van der Waals surface area contributed by atoms with Crippen molar-refractivity contribution in [3.63, 3.8) is 0 Å². The Kier molecular flexibility index (Phi) is 4.09. The molecule has 0 saturated carbocycles. The average molecular weight is 309 g/mol. The number of halogens is 1. The minimum Gasteiger partial charge on any atom is -0.490 e. The van der Waals surface area contributed by atoms with E-state index in [0.717, 1.165) is 15.8 Å². The van der Waals surface area contributed by atoms with Gasteiger partial charge < -0.3 is 4.74 Å². The molecule has 0 atom stereocenters. The molecule has 0 spiro atoms. The van der Waals surface area contributed by atoms with E-state index >= 15 is 0 Å². The summed E-state index contributed by atoms with van der Waals surface area (Å²) in [5.74, 6) is 0.796. The van der Waals surface area contributed by atoms with Crippen molar-refractivity contribution in [3.05, 3.63) is 40.9 Å². The van der Waals surface area contributed by atoms with Crippen LogP contribution in [0.2, 0.25) is 0 Å². The predicted molar refractivity (Wildman–Crippen MR) is 72.9 cm³/mol. The van der Waals surface area contributed by atoms with Crippen molar-refractivity contribution in [1.29, 1.82) is 0 Å². The van der Waals surface area contributed by atoms with Gasteiger partial charge in [0, 0.05) is 10.0 Å². The highest BCUT2D eigenvalue weighted by atomic mass is 79.9. The fraction of sp³-hybridized carbons (Fsp3) is 0.250. The Morgan fingerprint density at radius 2 is 2.06 bits per heavy atom. The van der Waals surface area contributed by atoms with Crippen molar-refractivity contribution in [3.8, 4) is 5.75 Å². The SMILES string of the molecule is CC(C)Oc1ccc(Br)cc1C=Nn1cnnc1. The van der Waals surface area contributed by atoms with Gasteiger partial charge in [0.15, 0.2) is 0 Å². The van der Waals surface area contributed by atoms with Gasteiger partial charge in [-0.05, 0) is 32.0 Å². The van der Waals surface area contributed by atoms with Gasteiger partial charge in [-0.15, -0.1) is 10.2 Å². The molecular formula is C12H13BrN4O. The quantitative estimate of drug-likeness (QED) is 0.816. The summed E-state index contributed by atoms with van der Waals surface area (Å²) in [7, 11) is 0. The van der Waals surface area contributed by atoms with E-state index in [-0.39, 0.29) is 6.10 Å². The molecule has 0 N–H and O–H groups in total. The number of nitrogens with zero attached hydrogens (tertiary/aromatic N) is 4. The highest BCUT2D eigenvalue weighted by molar-refractivity contribution is 9.10. The van der Waals surface area contributed by atoms with Gasteiger partial charge in [-0.2, -0.15) is 5.10 Å². The molecule has 1 aromatic carbocycles. The number of hydrogen-bond acceptors (Lipinski definition) is 4. The van der Waals surface area contributed by atoms with Crippen LogP contribution in [-0.2, 0) is 0 Å². The lowest BCUT2D eigenvalue weighted by Gasteiger charge is -2.12. The van der Waals surface area contributed by atoms with Crippen LogP contribution in [-0.4, -0.2) is 27.2 Å². The smallest absolute Gasteiger partial charge is 0.141 e. The second-order valence-electron chi connectivity index (χ2n) is 3.94. The van der Waals surface area contributed by atoms with Crippen molar-refractivity contribution in [2.24, 2.45) is 5.10 Å². The maximum absolute atomic E-state index is 5.72. The first-order chi connectivity index (χ1) is 8.65. The molecule has 0 unspecified atom stereocenters. The van der Waals surface area contributed by atoms with Gasteiger partial charge >= 0.3 is 0 Å². The maximum Gasteiger partial charge on any atom is 0.141 e. The van der Waals surface area contributed by atoms with Crippen molar-refractivity contribution >= 4 is 22.1 Å². The van der Waals surface area contributed by atoms with Crippen molar-refractivity contribution in [1.82, 2.24) is 14.9 Å². The summed E-state index contributed by atoms with van der Waals surface area (Å²) in [5, 5.41) is 11.6. The highest BCUT2D eigenvalue weighted by Crippen LogP contribution is 2.22. The number of hydrogen-bond donors (Lipinski definition) is 0. The van der Waals surface area contributed by atoms with Crippen LogP contribution in [0.5, 0.6) is 5.75 Å². The highest BCUT2D eigenvalue weighted by Gasteiger charge is 2.04. The monoisotopic (exact) mass is 308 g/mol. The number of rotatable bonds is 4. The molecule has 0 aliphatic carbocycles. The first kappa shape index (κ1) is 12.8. The van der Waals surface area contributed by atoms with Crippen LogP contribution in [0, 0.1) is 0 Å². The van der Waals surface area contributed by atoms with Gasteiger partial charge in [0.2, 0.25) is 0 Å². The number of benzene rings is 1. The van der Waals surface area contributed by atoms with Crippen LogP contribution in [0.15, 0.2) is 40.4 Å². The molecule has 0 aliphatic rings. The second-order valence-corrected chi connectivity index (χ2v) is 4.85. The molecule has 5 nitrogen and oxygen atoms in total. The first-order valence-corrected chi connectivity index (χ1v) is 6.29. The Hall–Kier alpha value is -1.69. The Bertz CT molecular complexity index is 537. The van der Waals surface area contributed by atoms with Crippen molar-refractivity contribution in [2.75, 3.05) is 0 Å². The lowest BCUT2D eigenvalue weighted by Crippen LogP contribution is -2.07. The molecule has 6 heteroatoms. The Labute approximate surface area is 114 Å². The standard InChI is InChI=1S/C12H13BrN4O/c1-9(2)18-12-4-3-11(13)5-10(12)6-16-17-7-14-15-8-17/h3-9H,1-2H3. The molecule has 0 fully saturated rings. The summed E-state index contributed by atoms with van der Waals surface area (Å²) in [6, 6.07) is 5.80. The van der Waals surface area contributed by atoms with Gasteiger partial charge in [-0.3, -0.25) is 0 Å². The molecule has 2 aromatic rings. The minimum atomic E-state index is 0.119. The van der Waals surface area contributed by atoms with E-state index in [1.54, 1.807) is 6.21 Å². The van der Waals surface area contributed by atoms with Crippen molar-refractivity contribution in [2.45, 2.75) is 20.0 Å². The molecule has 0 radical (unpaired) electrons.